The Morgan fingerprint density at radius 1 is 0.864 bits per heavy atom. The summed E-state index contributed by atoms with van der Waals surface area (Å²) in [5.41, 5.74) is 7.09. The molecule has 0 heterocycles. The van der Waals surface area contributed by atoms with Gasteiger partial charge >= 0.3 is 0 Å². The minimum Gasteiger partial charge on any atom is -0.399 e. The Hall–Kier alpha value is -1.59. The molecule has 0 aliphatic heterocycles. The Balaban J connectivity index is 2.65. The molecule has 1 amide bonds. The molecule has 0 fully saturated rings. The largest absolute Gasteiger partial charge is 0.399 e. The molecular weight excluding hydrogens is 276 g/mol. The lowest BCUT2D eigenvalue weighted by Crippen LogP contribution is -2.35. The summed E-state index contributed by atoms with van der Waals surface area (Å²) in [7, 11) is 8.21. The molecule has 0 saturated carbocycles. The van der Waals surface area contributed by atoms with E-state index in [9.17, 15) is 4.79 Å². The summed E-state index contributed by atoms with van der Waals surface area (Å²) in [4.78, 5) is 18.9. The van der Waals surface area contributed by atoms with Gasteiger partial charge in [0.25, 0.3) is 5.91 Å². The second-order valence-electron chi connectivity index (χ2n) is 6.23. The Labute approximate surface area is 134 Å². The molecule has 0 aromatic heterocycles. The van der Waals surface area contributed by atoms with Crippen LogP contribution in [0.4, 0.5) is 5.69 Å². The molecule has 1 aromatic rings. The van der Waals surface area contributed by atoms with Crippen LogP contribution >= 0.6 is 0 Å². The summed E-state index contributed by atoms with van der Waals surface area (Å²) < 4.78 is 0. The minimum absolute atomic E-state index is 0.0949. The van der Waals surface area contributed by atoms with Crippen LogP contribution in [0.1, 0.15) is 23.2 Å². The molecule has 5 nitrogen and oxygen atoms in total. The first kappa shape index (κ1) is 18.5. The fourth-order valence-corrected chi connectivity index (χ4v) is 2.28. The van der Waals surface area contributed by atoms with Gasteiger partial charge in [0.2, 0.25) is 0 Å². The molecule has 1 aromatic carbocycles. The Kier molecular flexibility index (Phi) is 7.91. The van der Waals surface area contributed by atoms with Gasteiger partial charge in [-0.3, -0.25) is 4.79 Å². The third kappa shape index (κ3) is 6.91. The number of nitrogens with two attached hydrogens (primary N) is 1. The van der Waals surface area contributed by atoms with Crippen LogP contribution in [0.3, 0.4) is 0 Å². The highest BCUT2D eigenvalue weighted by molar-refractivity contribution is 5.94. The summed E-state index contributed by atoms with van der Waals surface area (Å²) in [6, 6.07) is 7.18. The van der Waals surface area contributed by atoms with Crippen molar-refractivity contribution in [3.63, 3.8) is 0 Å². The van der Waals surface area contributed by atoms with Crippen molar-refractivity contribution in [1.29, 1.82) is 0 Å². The van der Waals surface area contributed by atoms with E-state index < -0.39 is 0 Å². The number of benzene rings is 1. The van der Waals surface area contributed by atoms with Crippen molar-refractivity contribution in [1.82, 2.24) is 14.7 Å². The lowest BCUT2D eigenvalue weighted by atomic mass is 10.1. The van der Waals surface area contributed by atoms with E-state index in [1.807, 2.05) is 17.0 Å². The standard InChI is InChI=1S/C17H30N4O/c1-19(2)11-5-13-21(14-6-12-20(3)4)17(22)15-7-9-16(18)10-8-15/h7-10H,5-6,11-14,18H2,1-4H3. The van der Waals surface area contributed by atoms with E-state index in [2.05, 4.69) is 38.0 Å². The fourth-order valence-electron chi connectivity index (χ4n) is 2.28. The predicted octanol–water partition coefficient (Wildman–Crippen LogP) is 1.61. The Morgan fingerprint density at radius 3 is 1.73 bits per heavy atom. The van der Waals surface area contributed by atoms with Gasteiger partial charge in [0.1, 0.15) is 0 Å². The van der Waals surface area contributed by atoms with Gasteiger partial charge in [-0.25, -0.2) is 0 Å². The molecule has 0 spiro atoms. The lowest BCUT2D eigenvalue weighted by molar-refractivity contribution is 0.0744. The number of amides is 1. The van der Waals surface area contributed by atoms with Crippen molar-refractivity contribution < 1.29 is 4.79 Å². The van der Waals surface area contributed by atoms with Gasteiger partial charge < -0.3 is 20.4 Å². The molecule has 2 N–H and O–H groups in total. The summed E-state index contributed by atoms with van der Waals surface area (Å²) in [6.07, 6.45) is 1.96. The van der Waals surface area contributed by atoms with Crippen molar-refractivity contribution in [3.05, 3.63) is 29.8 Å². The molecule has 5 heteroatoms. The molecule has 0 atom stereocenters. The Morgan fingerprint density at radius 2 is 1.32 bits per heavy atom. The zero-order valence-electron chi connectivity index (χ0n) is 14.4. The van der Waals surface area contributed by atoms with Crippen molar-refractivity contribution in [2.24, 2.45) is 0 Å². The van der Waals surface area contributed by atoms with E-state index in [-0.39, 0.29) is 5.91 Å². The fraction of sp³-hybridized carbons (Fsp3) is 0.588. The zero-order valence-corrected chi connectivity index (χ0v) is 14.4. The number of carbonyl (C=O) groups excluding carboxylic acids is 1. The molecule has 0 saturated heterocycles. The zero-order chi connectivity index (χ0) is 16.5. The van der Waals surface area contributed by atoms with Crippen molar-refractivity contribution in [3.8, 4) is 0 Å². The summed E-state index contributed by atoms with van der Waals surface area (Å²) >= 11 is 0. The number of anilines is 1. The van der Waals surface area contributed by atoms with Crippen LogP contribution in [0, 0.1) is 0 Å². The molecule has 1 rings (SSSR count). The number of carbonyl (C=O) groups is 1. The van der Waals surface area contributed by atoms with Gasteiger partial charge in [0, 0.05) is 24.3 Å². The minimum atomic E-state index is 0.0949. The van der Waals surface area contributed by atoms with Gasteiger partial charge in [-0.05, 0) is 78.4 Å². The molecule has 0 aliphatic rings. The molecule has 0 unspecified atom stereocenters. The van der Waals surface area contributed by atoms with E-state index in [0.717, 1.165) is 39.0 Å². The number of nitrogen functional groups attached to an aromatic ring is 1. The molecule has 0 aliphatic carbocycles. The first-order valence-corrected chi connectivity index (χ1v) is 7.84. The van der Waals surface area contributed by atoms with Gasteiger partial charge in [-0.1, -0.05) is 0 Å². The lowest BCUT2D eigenvalue weighted by Gasteiger charge is -2.24. The highest BCUT2D eigenvalue weighted by Gasteiger charge is 2.15. The van der Waals surface area contributed by atoms with Crippen LogP contribution in [0.15, 0.2) is 24.3 Å². The molecule has 22 heavy (non-hydrogen) atoms. The van der Waals surface area contributed by atoms with Gasteiger partial charge in [-0.2, -0.15) is 0 Å². The Bertz CT molecular complexity index is 428. The second kappa shape index (κ2) is 9.43. The van der Waals surface area contributed by atoms with Gasteiger partial charge in [-0.15, -0.1) is 0 Å². The second-order valence-corrected chi connectivity index (χ2v) is 6.23. The summed E-state index contributed by atoms with van der Waals surface area (Å²) in [5.74, 6) is 0.0949. The van der Waals surface area contributed by atoms with Crippen molar-refractivity contribution in [2.75, 3.05) is 60.1 Å². The number of nitrogens with zero attached hydrogens (tertiary/aromatic N) is 3. The van der Waals surface area contributed by atoms with E-state index in [1.165, 1.54) is 0 Å². The first-order chi connectivity index (χ1) is 10.4. The number of rotatable bonds is 9. The average Bonchev–Trinajstić information content (AvgIpc) is 2.45. The smallest absolute Gasteiger partial charge is 0.253 e. The third-order valence-corrected chi connectivity index (χ3v) is 3.51. The van der Waals surface area contributed by atoms with E-state index in [4.69, 9.17) is 5.73 Å². The van der Waals surface area contributed by atoms with Gasteiger partial charge in [0.05, 0.1) is 0 Å². The third-order valence-electron chi connectivity index (χ3n) is 3.51. The normalized spacial score (nSPS) is 11.2. The summed E-state index contributed by atoms with van der Waals surface area (Å²) in [6.45, 7) is 3.54. The number of hydrogen-bond acceptors (Lipinski definition) is 4. The van der Waals surface area contributed by atoms with E-state index >= 15 is 0 Å². The molecule has 124 valence electrons. The van der Waals surface area contributed by atoms with Crippen molar-refractivity contribution in [2.45, 2.75) is 12.8 Å². The monoisotopic (exact) mass is 306 g/mol. The maximum absolute atomic E-state index is 12.7. The number of hydrogen-bond donors (Lipinski definition) is 1. The first-order valence-electron chi connectivity index (χ1n) is 7.84. The van der Waals surface area contributed by atoms with Crippen LogP contribution in [0.2, 0.25) is 0 Å². The molecule has 0 bridgehead atoms. The van der Waals surface area contributed by atoms with E-state index in [1.54, 1.807) is 12.1 Å². The highest BCUT2D eigenvalue weighted by atomic mass is 16.2. The SMILES string of the molecule is CN(C)CCCN(CCCN(C)C)C(=O)c1ccc(N)cc1. The van der Waals surface area contributed by atoms with E-state index in [0.29, 0.717) is 11.3 Å². The quantitative estimate of drug-likeness (QED) is 0.704. The maximum atomic E-state index is 12.7. The van der Waals surface area contributed by atoms with Gasteiger partial charge in [0.15, 0.2) is 0 Å². The van der Waals surface area contributed by atoms with Crippen LogP contribution < -0.4 is 5.73 Å². The predicted molar refractivity (Wildman–Crippen MR) is 93.1 cm³/mol. The van der Waals surface area contributed by atoms with Crippen LogP contribution in [-0.4, -0.2) is 75.0 Å². The topological polar surface area (TPSA) is 52.8 Å². The van der Waals surface area contributed by atoms with Crippen LogP contribution in [-0.2, 0) is 0 Å². The highest BCUT2D eigenvalue weighted by Crippen LogP contribution is 2.10. The maximum Gasteiger partial charge on any atom is 0.253 e. The molecular formula is C17H30N4O. The van der Waals surface area contributed by atoms with Crippen molar-refractivity contribution >= 4 is 11.6 Å². The molecule has 0 radical (unpaired) electrons. The average molecular weight is 306 g/mol. The van der Waals surface area contributed by atoms with Crippen LogP contribution in [0.25, 0.3) is 0 Å². The summed E-state index contributed by atoms with van der Waals surface area (Å²) in [5, 5.41) is 0. The van der Waals surface area contributed by atoms with Crippen LogP contribution in [0.5, 0.6) is 0 Å².